The monoisotopic (exact) mass is 271 g/mol. The summed E-state index contributed by atoms with van der Waals surface area (Å²) in [6.07, 6.45) is 2.95. The Morgan fingerprint density at radius 2 is 2.25 bits per heavy atom. The van der Waals surface area contributed by atoms with Gasteiger partial charge in [0.25, 0.3) is 0 Å². The number of benzene rings is 1. The second-order valence-electron chi connectivity index (χ2n) is 5.29. The molecule has 104 valence electrons. The van der Waals surface area contributed by atoms with E-state index < -0.39 is 0 Å². The molecule has 1 aliphatic rings. The molecule has 0 saturated carbocycles. The lowest BCUT2D eigenvalue weighted by Gasteiger charge is -2.16. The van der Waals surface area contributed by atoms with Crippen molar-refractivity contribution in [3.63, 3.8) is 0 Å². The molecule has 2 heterocycles. The quantitative estimate of drug-likeness (QED) is 0.871. The SMILES string of the molecule is NC(=O)C1CC(=O)N(CCc2ccc3cc[nH]c3c2)C1. The van der Waals surface area contributed by atoms with Gasteiger partial charge in [-0.15, -0.1) is 0 Å². The number of aromatic amines is 1. The predicted octanol–water partition coefficient (Wildman–Crippen LogP) is 1.04. The van der Waals surface area contributed by atoms with Crippen molar-refractivity contribution in [2.45, 2.75) is 12.8 Å². The largest absolute Gasteiger partial charge is 0.369 e. The van der Waals surface area contributed by atoms with Gasteiger partial charge in [-0.1, -0.05) is 12.1 Å². The molecule has 0 aliphatic carbocycles. The third-order valence-corrected chi connectivity index (χ3v) is 3.91. The first-order valence-electron chi connectivity index (χ1n) is 6.76. The van der Waals surface area contributed by atoms with E-state index in [0.29, 0.717) is 13.1 Å². The number of carbonyl (C=O) groups excluding carboxylic acids is 2. The van der Waals surface area contributed by atoms with Crippen LogP contribution in [0.15, 0.2) is 30.5 Å². The van der Waals surface area contributed by atoms with Crippen molar-refractivity contribution in [1.82, 2.24) is 9.88 Å². The van der Waals surface area contributed by atoms with Crippen LogP contribution in [0, 0.1) is 5.92 Å². The fraction of sp³-hybridized carbons (Fsp3) is 0.333. The predicted molar refractivity (Wildman–Crippen MR) is 75.9 cm³/mol. The Hall–Kier alpha value is -2.30. The molecule has 3 rings (SSSR count). The van der Waals surface area contributed by atoms with Crippen LogP contribution >= 0.6 is 0 Å². The number of nitrogens with zero attached hydrogens (tertiary/aromatic N) is 1. The average molecular weight is 271 g/mol. The van der Waals surface area contributed by atoms with Gasteiger partial charge in [-0.05, 0) is 29.5 Å². The molecule has 5 heteroatoms. The van der Waals surface area contributed by atoms with Crippen LogP contribution in [0.1, 0.15) is 12.0 Å². The molecular formula is C15H17N3O2. The zero-order valence-corrected chi connectivity index (χ0v) is 11.1. The van der Waals surface area contributed by atoms with Gasteiger partial charge in [0.2, 0.25) is 11.8 Å². The molecule has 1 aliphatic heterocycles. The lowest BCUT2D eigenvalue weighted by Crippen LogP contribution is -2.30. The van der Waals surface area contributed by atoms with Gasteiger partial charge >= 0.3 is 0 Å². The number of likely N-dealkylation sites (tertiary alicyclic amines) is 1. The van der Waals surface area contributed by atoms with Crippen molar-refractivity contribution in [2.24, 2.45) is 11.7 Å². The van der Waals surface area contributed by atoms with E-state index in [2.05, 4.69) is 23.2 Å². The maximum absolute atomic E-state index is 11.8. The second kappa shape index (κ2) is 5.00. The standard InChI is InChI=1S/C15H17N3O2/c16-15(20)12-8-14(19)18(9-12)6-4-10-1-2-11-3-5-17-13(11)7-10/h1-3,5,7,12,17H,4,6,8-9H2,(H2,16,20). The van der Waals surface area contributed by atoms with Gasteiger partial charge in [0, 0.05) is 31.2 Å². The van der Waals surface area contributed by atoms with Crippen molar-refractivity contribution in [1.29, 1.82) is 0 Å². The number of nitrogens with one attached hydrogen (secondary N) is 1. The van der Waals surface area contributed by atoms with Gasteiger partial charge in [0.15, 0.2) is 0 Å². The molecule has 2 aromatic rings. The number of rotatable bonds is 4. The lowest BCUT2D eigenvalue weighted by atomic mass is 10.1. The van der Waals surface area contributed by atoms with Gasteiger partial charge in [0.05, 0.1) is 5.92 Å². The summed E-state index contributed by atoms with van der Waals surface area (Å²) in [5.41, 5.74) is 7.54. The van der Waals surface area contributed by atoms with E-state index in [-0.39, 0.29) is 24.2 Å². The van der Waals surface area contributed by atoms with E-state index in [1.54, 1.807) is 4.90 Å². The number of H-pyrrole nitrogens is 1. The number of aromatic nitrogens is 1. The van der Waals surface area contributed by atoms with Crippen molar-refractivity contribution in [2.75, 3.05) is 13.1 Å². The van der Waals surface area contributed by atoms with Crippen LogP contribution in [0.25, 0.3) is 10.9 Å². The van der Waals surface area contributed by atoms with Gasteiger partial charge in [-0.2, -0.15) is 0 Å². The number of hydrogen-bond donors (Lipinski definition) is 2. The average Bonchev–Trinajstić information content (AvgIpc) is 3.02. The number of primary amides is 1. The molecule has 3 N–H and O–H groups in total. The first kappa shape index (κ1) is 12.7. The highest BCUT2D eigenvalue weighted by molar-refractivity contribution is 5.88. The molecule has 0 bridgehead atoms. The first-order chi connectivity index (χ1) is 9.63. The van der Waals surface area contributed by atoms with Gasteiger partial charge in [0.1, 0.15) is 0 Å². The maximum atomic E-state index is 11.8. The minimum absolute atomic E-state index is 0.0229. The number of nitrogens with two attached hydrogens (primary N) is 1. The van der Waals surface area contributed by atoms with E-state index in [4.69, 9.17) is 5.73 Å². The molecule has 5 nitrogen and oxygen atoms in total. The van der Waals surface area contributed by atoms with Crippen molar-refractivity contribution in [3.8, 4) is 0 Å². The van der Waals surface area contributed by atoms with Crippen LogP contribution in [0.3, 0.4) is 0 Å². The number of amides is 2. The van der Waals surface area contributed by atoms with Crippen LogP contribution in [0.4, 0.5) is 0 Å². The molecule has 1 saturated heterocycles. The molecule has 1 fully saturated rings. The molecular weight excluding hydrogens is 254 g/mol. The highest BCUT2D eigenvalue weighted by Crippen LogP contribution is 2.19. The Bertz CT molecular complexity index is 662. The summed E-state index contributed by atoms with van der Waals surface area (Å²) < 4.78 is 0. The van der Waals surface area contributed by atoms with Crippen molar-refractivity contribution >= 4 is 22.7 Å². The minimum atomic E-state index is -0.381. The van der Waals surface area contributed by atoms with E-state index >= 15 is 0 Å². The third-order valence-electron chi connectivity index (χ3n) is 3.91. The molecule has 1 unspecified atom stereocenters. The fourth-order valence-corrected chi connectivity index (χ4v) is 2.69. The van der Waals surface area contributed by atoms with Crippen LogP contribution in [-0.2, 0) is 16.0 Å². The van der Waals surface area contributed by atoms with E-state index in [1.807, 2.05) is 12.3 Å². The second-order valence-corrected chi connectivity index (χ2v) is 5.29. The minimum Gasteiger partial charge on any atom is -0.369 e. The van der Waals surface area contributed by atoms with E-state index in [1.165, 1.54) is 10.9 Å². The Morgan fingerprint density at radius 3 is 3.00 bits per heavy atom. The van der Waals surface area contributed by atoms with Gasteiger partial charge in [-0.3, -0.25) is 9.59 Å². The van der Waals surface area contributed by atoms with Crippen LogP contribution in [-0.4, -0.2) is 34.8 Å². The highest BCUT2D eigenvalue weighted by Gasteiger charge is 2.32. The Labute approximate surface area is 116 Å². The zero-order chi connectivity index (χ0) is 14.1. The Balaban J connectivity index is 1.64. The van der Waals surface area contributed by atoms with Crippen LogP contribution in [0.2, 0.25) is 0 Å². The van der Waals surface area contributed by atoms with Gasteiger partial charge in [-0.25, -0.2) is 0 Å². The molecule has 1 atom stereocenters. The topological polar surface area (TPSA) is 79.2 Å². The maximum Gasteiger partial charge on any atom is 0.223 e. The Kier molecular flexibility index (Phi) is 3.18. The molecule has 0 radical (unpaired) electrons. The number of fused-ring (bicyclic) bond motifs is 1. The van der Waals surface area contributed by atoms with Crippen molar-refractivity contribution < 1.29 is 9.59 Å². The summed E-state index contributed by atoms with van der Waals surface area (Å²) in [5.74, 6) is -0.684. The van der Waals surface area contributed by atoms with E-state index in [9.17, 15) is 9.59 Å². The smallest absolute Gasteiger partial charge is 0.223 e. The third kappa shape index (κ3) is 2.39. The molecule has 1 aromatic heterocycles. The summed E-state index contributed by atoms with van der Waals surface area (Å²) in [5, 5.41) is 1.18. The lowest BCUT2D eigenvalue weighted by molar-refractivity contribution is -0.128. The summed E-state index contributed by atoms with van der Waals surface area (Å²) >= 11 is 0. The summed E-state index contributed by atoms with van der Waals surface area (Å²) in [7, 11) is 0. The number of carbonyl (C=O) groups is 2. The fourth-order valence-electron chi connectivity index (χ4n) is 2.69. The van der Waals surface area contributed by atoms with Crippen molar-refractivity contribution in [3.05, 3.63) is 36.0 Å². The van der Waals surface area contributed by atoms with Crippen LogP contribution < -0.4 is 5.73 Å². The Morgan fingerprint density at radius 1 is 1.40 bits per heavy atom. The summed E-state index contributed by atoms with van der Waals surface area (Å²) in [4.78, 5) is 27.8. The highest BCUT2D eigenvalue weighted by atomic mass is 16.2. The summed E-state index contributed by atoms with van der Waals surface area (Å²) in [6.45, 7) is 1.09. The zero-order valence-electron chi connectivity index (χ0n) is 11.1. The molecule has 20 heavy (non-hydrogen) atoms. The van der Waals surface area contributed by atoms with Gasteiger partial charge < -0.3 is 15.6 Å². The summed E-state index contributed by atoms with van der Waals surface area (Å²) in [6, 6.07) is 8.27. The van der Waals surface area contributed by atoms with E-state index in [0.717, 1.165) is 11.9 Å². The number of hydrogen-bond acceptors (Lipinski definition) is 2. The molecule has 2 amide bonds. The molecule has 1 aromatic carbocycles. The normalized spacial score (nSPS) is 18.9. The first-order valence-corrected chi connectivity index (χ1v) is 6.76. The van der Waals surface area contributed by atoms with Crippen LogP contribution in [0.5, 0.6) is 0 Å². The molecule has 0 spiro atoms.